The Morgan fingerprint density at radius 3 is 0.750 bits per heavy atom. The molecule has 0 aliphatic heterocycles. The van der Waals surface area contributed by atoms with Crippen LogP contribution in [0.3, 0.4) is 0 Å². The minimum Gasteiger partial charge on any atom is -0.491 e. The predicted molar refractivity (Wildman–Crippen MR) is 203 cm³/mol. The second-order valence-electron chi connectivity index (χ2n) is 12.4. The van der Waals surface area contributed by atoms with Crippen LogP contribution in [0.1, 0.15) is 0 Å². The molecule has 10 heteroatoms. The van der Waals surface area contributed by atoms with Crippen LogP contribution in [0.25, 0.3) is 0 Å². The minimum atomic E-state index is -0.863. The first-order valence-electron chi connectivity index (χ1n) is 17.4. The summed E-state index contributed by atoms with van der Waals surface area (Å²) in [5.74, 6) is 2.62. The molecule has 0 amide bonds. The molecule has 0 heterocycles. The molecule has 0 saturated carbocycles. The van der Waals surface area contributed by atoms with E-state index in [1.165, 1.54) is 0 Å². The number of aliphatic hydroxyl groups is 4. The lowest BCUT2D eigenvalue weighted by atomic mass is 10.2. The third kappa shape index (κ3) is 13.1. The van der Waals surface area contributed by atoms with Crippen LogP contribution in [0.4, 0.5) is 11.4 Å². The lowest BCUT2D eigenvalue weighted by molar-refractivity contribution is 0.0950. The summed E-state index contributed by atoms with van der Waals surface area (Å²) in [7, 11) is 0. The van der Waals surface area contributed by atoms with E-state index in [0.29, 0.717) is 23.0 Å². The molecule has 5 aromatic rings. The first-order chi connectivity index (χ1) is 25.4. The van der Waals surface area contributed by atoms with Gasteiger partial charge in [-0.05, 0) is 72.8 Å². The van der Waals surface area contributed by atoms with Crippen molar-refractivity contribution >= 4 is 11.4 Å². The third-order valence-corrected chi connectivity index (χ3v) is 8.05. The molecule has 5 rings (SSSR count). The molecule has 0 saturated heterocycles. The molecular formula is C42H48N2O8. The summed E-state index contributed by atoms with van der Waals surface area (Å²) in [6, 6.07) is 44.7. The van der Waals surface area contributed by atoms with Crippen molar-refractivity contribution in [1.82, 2.24) is 0 Å². The van der Waals surface area contributed by atoms with E-state index in [4.69, 9.17) is 18.9 Å². The van der Waals surface area contributed by atoms with Gasteiger partial charge >= 0.3 is 0 Å². The van der Waals surface area contributed by atoms with Crippen molar-refractivity contribution in [1.29, 1.82) is 0 Å². The lowest BCUT2D eigenvalue weighted by Gasteiger charge is -2.32. The maximum atomic E-state index is 11.0. The first kappa shape index (κ1) is 38.0. The zero-order valence-electron chi connectivity index (χ0n) is 29.1. The van der Waals surface area contributed by atoms with E-state index in [0.717, 1.165) is 11.4 Å². The molecule has 0 unspecified atom stereocenters. The molecule has 0 aliphatic rings. The number of benzene rings is 5. The Morgan fingerprint density at radius 1 is 0.327 bits per heavy atom. The molecule has 0 aliphatic carbocycles. The van der Waals surface area contributed by atoms with E-state index >= 15 is 0 Å². The zero-order chi connectivity index (χ0) is 36.4. The summed E-state index contributed by atoms with van der Waals surface area (Å²) in [6.45, 7) is 0.993. The van der Waals surface area contributed by atoms with Crippen molar-refractivity contribution in [2.75, 3.05) is 62.4 Å². The summed E-state index contributed by atoms with van der Waals surface area (Å²) in [4.78, 5) is 3.77. The molecule has 274 valence electrons. The quantitative estimate of drug-likeness (QED) is 0.0776. The molecule has 4 atom stereocenters. The number of hydrogen-bond acceptors (Lipinski definition) is 10. The van der Waals surface area contributed by atoms with Gasteiger partial charge in [-0.2, -0.15) is 0 Å². The molecule has 5 aromatic carbocycles. The highest BCUT2D eigenvalue weighted by Gasteiger charge is 2.21. The van der Waals surface area contributed by atoms with Gasteiger partial charge in [0, 0.05) is 37.6 Å². The molecule has 4 N–H and O–H groups in total. The van der Waals surface area contributed by atoms with Crippen molar-refractivity contribution in [3.63, 3.8) is 0 Å². The maximum absolute atomic E-state index is 11.0. The Labute approximate surface area is 305 Å². The molecule has 0 fully saturated rings. The van der Waals surface area contributed by atoms with Gasteiger partial charge in [0.25, 0.3) is 0 Å². The fraction of sp³-hybridized carbons (Fsp3) is 0.286. The van der Waals surface area contributed by atoms with E-state index in [2.05, 4.69) is 0 Å². The SMILES string of the molecule is O[C@H](COc1ccccc1)CN(C[C@H](O)COc1ccccc1)c1ccc(N(C[C@@H](O)COc2ccccc2)C[C@@H](O)COc2ccccc2)cc1. The van der Waals surface area contributed by atoms with Crippen LogP contribution in [0.2, 0.25) is 0 Å². The van der Waals surface area contributed by atoms with Gasteiger partial charge < -0.3 is 49.2 Å². The van der Waals surface area contributed by atoms with Gasteiger partial charge in [0.15, 0.2) is 0 Å². The van der Waals surface area contributed by atoms with E-state index in [1.807, 2.05) is 155 Å². The summed E-state index contributed by atoms with van der Waals surface area (Å²) in [6.07, 6.45) is -3.45. The van der Waals surface area contributed by atoms with E-state index in [1.54, 1.807) is 0 Å². The van der Waals surface area contributed by atoms with Crippen LogP contribution < -0.4 is 28.7 Å². The van der Waals surface area contributed by atoms with Crippen molar-refractivity contribution in [3.8, 4) is 23.0 Å². The van der Waals surface area contributed by atoms with Crippen LogP contribution in [0.15, 0.2) is 146 Å². The third-order valence-electron chi connectivity index (χ3n) is 8.05. The predicted octanol–water partition coefficient (Wildman–Crippen LogP) is 5.06. The summed E-state index contributed by atoms with van der Waals surface area (Å²) >= 11 is 0. The van der Waals surface area contributed by atoms with Crippen LogP contribution in [-0.2, 0) is 0 Å². The maximum Gasteiger partial charge on any atom is 0.119 e. The standard InChI is InChI=1S/C42H48N2O8/c45-35(29-49-39-13-5-1-6-14-39)25-43(26-36(46)30-50-40-15-7-2-8-16-40)33-21-23-34(24-22-33)44(27-37(47)31-51-41-17-9-3-10-18-41)28-38(48)32-52-42-19-11-4-12-20-42/h1-24,35-38,45-48H,25-32H2/t35-,36-,37+,38+. The van der Waals surface area contributed by atoms with Crippen LogP contribution in [0, 0.1) is 0 Å². The van der Waals surface area contributed by atoms with Gasteiger partial charge in [-0.3, -0.25) is 0 Å². The lowest BCUT2D eigenvalue weighted by Crippen LogP contribution is -2.42. The van der Waals surface area contributed by atoms with Gasteiger partial charge in [0.05, 0.1) is 0 Å². The number of anilines is 2. The van der Waals surface area contributed by atoms with Gasteiger partial charge in [-0.1, -0.05) is 72.8 Å². The first-order valence-corrected chi connectivity index (χ1v) is 17.4. The van der Waals surface area contributed by atoms with Crippen LogP contribution in [-0.4, -0.2) is 97.4 Å². The average molecular weight is 709 g/mol. The Bertz CT molecular complexity index is 1440. The zero-order valence-corrected chi connectivity index (χ0v) is 29.1. The molecule has 0 radical (unpaired) electrons. The second-order valence-corrected chi connectivity index (χ2v) is 12.4. The second kappa shape index (κ2) is 20.6. The average Bonchev–Trinajstić information content (AvgIpc) is 3.19. The van der Waals surface area contributed by atoms with Gasteiger partial charge in [-0.25, -0.2) is 0 Å². The van der Waals surface area contributed by atoms with Crippen LogP contribution >= 0.6 is 0 Å². The monoisotopic (exact) mass is 708 g/mol. The normalized spacial score (nSPS) is 13.3. The van der Waals surface area contributed by atoms with E-state index in [9.17, 15) is 20.4 Å². The highest BCUT2D eigenvalue weighted by Crippen LogP contribution is 2.23. The molecule has 0 spiro atoms. The van der Waals surface area contributed by atoms with Crippen molar-refractivity contribution in [3.05, 3.63) is 146 Å². The highest BCUT2D eigenvalue weighted by molar-refractivity contribution is 5.57. The summed E-state index contributed by atoms with van der Waals surface area (Å²) in [5, 5.41) is 44.0. The fourth-order valence-corrected chi connectivity index (χ4v) is 5.51. The Hall–Kier alpha value is -5.26. The number of aliphatic hydroxyl groups excluding tert-OH is 4. The number of nitrogens with zero attached hydrogens (tertiary/aromatic N) is 2. The van der Waals surface area contributed by atoms with Gasteiger partial charge in [-0.15, -0.1) is 0 Å². The number of ether oxygens (including phenoxy) is 4. The topological polar surface area (TPSA) is 124 Å². The van der Waals surface area contributed by atoms with E-state index in [-0.39, 0.29) is 52.6 Å². The van der Waals surface area contributed by atoms with Crippen LogP contribution in [0.5, 0.6) is 23.0 Å². The minimum absolute atomic E-state index is 0.0644. The molecule has 0 bridgehead atoms. The van der Waals surface area contributed by atoms with Crippen molar-refractivity contribution < 1.29 is 39.4 Å². The Morgan fingerprint density at radius 2 is 0.538 bits per heavy atom. The summed E-state index contributed by atoms with van der Waals surface area (Å²) in [5.41, 5.74) is 1.50. The molecule has 10 nitrogen and oxygen atoms in total. The molecule has 52 heavy (non-hydrogen) atoms. The van der Waals surface area contributed by atoms with Crippen molar-refractivity contribution in [2.24, 2.45) is 0 Å². The number of hydrogen-bond donors (Lipinski definition) is 4. The summed E-state index contributed by atoms with van der Waals surface area (Å²) < 4.78 is 23.2. The Balaban J connectivity index is 1.28. The molecular weight excluding hydrogens is 660 g/mol. The van der Waals surface area contributed by atoms with Gasteiger partial charge in [0.1, 0.15) is 73.8 Å². The number of rotatable bonds is 22. The number of para-hydroxylation sites is 4. The molecule has 0 aromatic heterocycles. The Kier molecular flexibility index (Phi) is 15.0. The highest BCUT2D eigenvalue weighted by atomic mass is 16.5. The van der Waals surface area contributed by atoms with E-state index < -0.39 is 24.4 Å². The van der Waals surface area contributed by atoms with Crippen molar-refractivity contribution in [2.45, 2.75) is 24.4 Å². The smallest absolute Gasteiger partial charge is 0.119 e. The fourth-order valence-electron chi connectivity index (χ4n) is 5.51. The van der Waals surface area contributed by atoms with Gasteiger partial charge in [0.2, 0.25) is 0 Å². The largest absolute Gasteiger partial charge is 0.491 e.